The van der Waals surface area contributed by atoms with Crippen LogP contribution in [0, 0.1) is 10.8 Å². The molecule has 0 amide bonds. The number of rotatable bonds is 8. The van der Waals surface area contributed by atoms with Crippen LogP contribution in [0.1, 0.15) is 30.9 Å². The highest BCUT2D eigenvalue weighted by molar-refractivity contribution is 7.92. The van der Waals surface area contributed by atoms with Gasteiger partial charge in [0.15, 0.2) is 0 Å². The van der Waals surface area contributed by atoms with Gasteiger partial charge in [-0.15, -0.1) is 0 Å². The Morgan fingerprint density at radius 1 is 0.927 bits per heavy atom. The van der Waals surface area contributed by atoms with Crippen molar-refractivity contribution in [2.45, 2.75) is 37.3 Å². The monoisotopic (exact) mass is 570 g/mol. The van der Waals surface area contributed by atoms with Gasteiger partial charge in [-0.25, -0.2) is 8.42 Å². The Hall–Kier alpha value is -4.57. The van der Waals surface area contributed by atoms with Crippen molar-refractivity contribution in [3.8, 4) is 5.75 Å². The van der Waals surface area contributed by atoms with E-state index in [4.69, 9.17) is 27.0 Å². The first kappa shape index (κ1) is 28.0. The second-order valence-electron chi connectivity index (χ2n) is 10.3. The van der Waals surface area contributed by atoms with E-state index >= 15 is 0 Å². The number of nitrogens with zero attached hydrogens (tertiary/aromatic N) is 2. The summed E-state index contributed by atoms with van der Waals surface area (Å²) in [6, 6.07) is 24.6. The van der Waals surface area contributed by atoms with Crippen molar-refractivity contribution in [2.24, 2.45) is 5.73 Å². The van der Waals surface area contributed by atoms with E-state index in [0.717, 1.165) is 42.3 Å². The van der Waals surface area contributed by atoms with E-state index in [1.165, 1.54) is 16.4 Å². The first-order valence-corrected chi connectivity index (χ1v) is 14.9. The Bertz CT molecular complexity index is 1680. The third-order valence-corrected chi connectivity index (χ3v) is 9.14. The molecule has 0 atom stereocenters. The highest BCUT2D eigenvalue weighted by Gasteiger charge is 2.26. The van der Waals surface area contributed by atoms with Crippen molar-refractivity contribution in [3.63, 3.8) is 0 Å². The average molecular weight is 571 g/mol. The van der Waals surface area contributed by atoms with Crippen LogP contribution in [0.5, 0.6) is 5.75 Å². The zero-order valence-electron chi connectivity index (χ0n) is 22.9. The van der Waals surface area contributed by atoms with Crippen molar-refractivity contribution >= 4 is 43.8 Å². The van der Waals surface area contributed by atoms with Gasteiger partial charge in [0.2, 0.25) is 0 Å². The van der Waals surface area contributed by atoms with E-state index in [2.05, 4.69) is 0 Å². The standard InChI is InChI=1S/C31H34N6O3S/c1-21(32)36-16-14-29(15-17-36)40-28-10-8-27(9-11-28)37(41(38,39)30-12-6-26(33)7-13-30)20-22-2-3-23-4-5-24(31(34)35)19-25(23)18-22/h2-13,18-19,29,32H,14-17,20,33H2,1H3,(H3,34,35). The Morgan fingerprint density at radius 2 is 1.59 bits per heavy atom. The third-order valence-electron chi connectivity index (χ3n) is 7.35. The van der Waals surface area contributed by atoms with Crippen molar-refractivity contribution in [3.05, 3.63) is 96.1 Å². The van der Waals surface area contributed by atoms with Crippen molar-refractivity contribution in [1.82, 2.24) is 4.90 Å². The summed E-state index contributed by atoms with van der Waals surface area (Å²) in [5.74, 6) is 1.22. The van der Waals surface area contributed by atoms with E-state index in [-0.39, 0.29) is 23.4 Å². The topological polar surface area (TPSA) is 150 Å². The third kappa shape index (κ3) is 6.28. The first-order valence-electron chi connectivity index (χ1n) is 13.4. The van der Waals surface area contributed by atoms with Crippen LogP contribution in [0.4, 0.5) is 11.4 Å². The zero-order chi connectivity index (χ0) is 29.1. The second-order valence-corrected chi connectivity index (χ2v) is 12.1. The fourth-order valence-corrected chi connectivity index (χ4v) is 6.46. The molecule has 0 saturated carbocycles. The summed E-state index contributed by atoms with van der Waals surface area (Å²) in [6.45, 7) is 3.46. The van der Waals surface area contributed by atoms with Crippen LogP contribution in [0.15, 0.2) is 89.8 Å². The van der Waals surface area contributed by atoms with Crippen LogP contribution in [0.3, 0.4) is 0 Å². The molecule has 1 saturated heterocycles. The number of nitrogens with one attached hydrogen (secondary N) is 2. The quantitative estimate of drug-likeness (QED) is 0.134. The van der Waals surface area contributed by atoms with Gasteiger partial charge >= 0.3 is 0 Å². The van der Waals surface area contributed by atoms with Crippen LogP contribution in [0.2, 0.25) is 0 Å². The lowest BCUT2D eigenvalue weighted by molar-refractivity contribution is 0.130. The predicted octanol–water partition coefficient (Wildman–Crippen LogP) is 4.94. The Kier molecular flexibility index (Phi) is 7.85. The van der Waals surface area contributed by atoms with E-state index in [9.17, 15) is 8.42 Å². The molecule has 1 fully saturated rings. The fraction of sp³-hybridized carbons (Fsp3) is 0.226. The van der Waals surface area contributed by atoms with Gasteiger partial charge in [0.1, 0.15) is 17.7 Å². The number of amidine groups is 2. The molecule has 0 spiro atoms. The number of anilines is 2. The number of nitrogens with two attached hydrogens (primary N) is 2. The number of hydrogen-bond acceptors (Lipinski definition) is 6. The highest BCUT2D eigenvalue weighted by atomic mass is 32.2. The smallest absolute Gasteiger partial charge is 0.264 e. The van der Waals surface area contributed by atoms with Gasteiger partial charge in [-0.2, -0.15) is 0 Å². The van der Waals surface area contributed by atoms with Crippen LogP contribution in [0.25, 0.3) is 10.8 Å². The molecule has 0 aromatic heterocycles. The summed E-state index contributed by atoms with van der Waals surface area (Å²) in [4.78, 5) is 2.18. The number of sulfonamides is 1. The summed E-state index contributed by atoms with van der Waals surface area (Å²) >= 11 is 0. The Labute approximate surface area is 240 Å². The molecule has 0 radical (unpaired) electrons. The van der Waals surface area contributed by atoms with Crippen molar-refractivity contribution in [1.29, 1.82) is 10.8 Å². The molecule has 0 bridgehead atoms. The maximum Gasteiger partial charge on any atom is 0.264 e. The number of piperidine rings is 1. The number of likely N-dealkylation sites (tertiary alicyclic amines) is 1. The lowest BCUT2D eigenvalue weighted by Gasteiger charge is -2.33. The Balaban J connectivity index is 1.44. The number of ether oxygens (including phenoxy) is 1. The van der Waals surface area contributed by atoms with Gasteiger partial charge < -0.3 is 21.1 Å². The molecule has 6 N–H and O–H groups in total. The molecule has 1 aliphatic heterocycles. The normalized spacial score (nSPS) is 14.1. The van der Waals surface area contributed by atoms with Crippen LogP contribution >= 0.6 is 0 Å². The largest absolute Gasteiger partial charge is 0.490 e. The second kappa shape index (κ2) is 11.5. The molecular weight excluding hydrogens is 536 g/mol. The molecule has 41 heavy (non-hydrogen) atoms. The van der Waals surface area contributed by atoms with Crippen molar-refractivity contribution < 1.29 is 13.2 Å². The summed E-state index contributed by atoms with van der Waals surface area (Å²) in [7, 11) is -3.94. The molecule has 0 unspecified atom stereocenters. The number of nitrogen functional groups attached to an aromatic ring is 2. The average Bonchev–Trinajstić information content (AvgIpc) is 2.96. The van der Waals surface area contributed by atoms with Crippen molar-refractivity contribution in [2.75, 3.05) is 23.1 Å². The maximum atomic E-state index is 13.9. The molecule has 1 aliphatic rings. The number of hydrogen-bond donors (Lipinski definition) is 4. The van der Waals surface area contributed by atoms with E-state index in [1.807, 2.05) is 35.2 Å². The van der Waals surface area contributed by atoms with Crippen LogP contribution in [-0.4, -0.2) is 44.2 Å². The SMILES string of the molecule is CC(=N)N1CCC(Oc2ccc(N(Cc3ccc4ccc(C(=N)N)cc4c3)S(=O)(=O)c3ccc(N)cc3)cc2)CC1. The first-order chi connectivity index (χ1) is 19.6. The van der Waals surface area contributed by atoms with Gasteiger partial charge in [0.25, 0.3) is 10.0 Å². The van der Waals surface area contributed by atoms with Crippen LogP contribution in [-0.2, 0) is 16.6 Å². The number of fused-ring (bicyclic) bond motifs is 1. The van der Waals surface area contributed by atoms with Gasteiger partial charge in [-0.05, 0) is 83.9 Å². The number of benzene rings is 4. The van der Waals surface area contributed by atoms with E-state index in [0.29, 0.717) is 28.5 Å². The van der Waals surface area contributed by atoms with Gasteiger partial charge in [0, 0.05) is 37.2 Å². The maximum absolute atomic E-state index is 13.9. The minimum atomic E-state index is -3.94. The summed E-state index contributed by atoms with van der Waals surface area (Å²) < 4.78 is 35.4. The summed E-state index contributed by atoms with van der Waals surface area (Å²) in [5.41, 5.74) is 13.9. The minimum Gasteiger partial charge on any atom is -0.490 e. The molecular formula is C31H34N6O3S. The molecule has 10 heteroatoms. The van der Waals surface area contributed by atoms with E-state index < -0.39 is 10.0 Å². The van der Waals surface area contributed by atoms with Gasteiger partial charge in [0.05, 0.1) is 23.0 Å². The van der Waals surface area contributed by atoms with Gasteiger partial charge in [-0.1, -0.05) is 24.3 Å². The minimum absolute atomic E-state index is 0.0254. The fourth-order valence-electron chi connectivity index (χ4n) is 5.00. The zero-order valence-corrected chi connectivity index (χ0v) is 23.7. The Morgan fingerprint density at radius 3 is 2.22 bits per heavy atom. The molecule has 212 valence electrons. The van der Waals surface area contributed by atoms with Gasteiger partial charge in [-0.3, -0.25) is 15.1 Å². The lowest BCUT2D eigenvalue weighted by atomic mass is 10.0. The molecule has 0 aliphatic carbocycles. The molecule has 4 aromatic carbocycles. The molecule has 1 heterocycles. The summed E-state index contributed by atoms with van der Waals surface area (Å²) in [5, 5.41) is 17.4. The van der Waals surface area contributed by atoms with Crippen LogP contribution < -0.4 is 20.5 Å². The molecule has 5 rings (SSSR count). The van der Waals surface area contributed by atoms with E-state index in [1.54, 1.807) is 49.4 Å². The molecule has 4 aromatic rings. The lowest BCUT2D eigenvalue weighted by Crippen LogP contribution is -2.40. The predicted molar refractivity (Wildman–Crippen MR) is 164 cm³/mol. The molecule has 9 nitrogen and oxygen atoms in total. The highest BCUT2D eigenvalue weighted by Crippen LogP contribution is 2.30. The summed E-state index contributed by atoms with van der Waals surface area (Å²) in [6.07, 6.45) is 1.69.